The van der Waals surface area contributed by atoms with E-state index in [1.54, 1.807) is 0 Å². The highest BCUT2D eigenvalue weighted by Gasteiger charge is 2.14. The summed E-state index contributed by atoms with van der Waals surface area (Å²) in [6.45, 7) is 8.63. The molecule has 0 saturated heterocycles. The lowest BCUT2D eigenvalue weighted by atomic mass is 10.2. The average molecular weight is 295 g/mol. The number of ether oxygens (including phenoxy) is 1. The van der Waals surface area contributed by atoms with Gasteiger partial charge < -0.3 is 20.7 Å². The van der Waals surface area contributed by atoms with E-state index in [2.05, 4.69) is 55.1 Å². The van der Waals surface area contributed by atoms with Gasteiger partial charge in [-0.05, 0) is 33.5 Å². The van der Waals surface area contributed by atoms with Crippen LogP contribution in [0.4, 0.5) is 11.5 Å². The van der Waals surface area contributed by atoms with Crippen LogP contribution >= 0.6 is 0 Å². The fraction of sp³-hybridized carbons (Fsp3) is 0.733. The molecule has 0 aliphatic heterocycles. The fourth-order valence-corrected chi connectivity index (χ4v) is 1.77. The van der Waals surface area contributed by atoms with Gasteiger partial charge in [0.1, 0.15) is 11.5 Å². The third kappa shape index (κ3) is 5.75. The predicted molar refractivity (Wildman–Crippen MR) is 88.0 cm³/mol. The highest BCUT2D eigenvalue weighted by Crippen LogP contribution is 2.28. The van der Waals surface area contributed by atoms with Crippen LogP contribution in [0, 0.1) is 0 Å². The van der Waals surface area contributed by atoms with E-state index in [9.17, 15) is 0 Å². The van der Waals surface area contributed by atoms with Crippen LogP contribution in [-0.4, -0.2) is 48.7 Å². The molecule has 0 aliphatic carbocycles. The molecule has 0 saturated carbocycles. The Hall–Kier alpha value is -1.56. The Morgan fingerprint density at radius 1 is 1.29 bits per heavy atom. The number of anilines is 2. The maximum absolute atomic E-state index is 6.11. The van der Waals surface area contributed by atoms with Crippen LogP contribution in [0.2, 0.25) is 0 Å². The number of hydrogen-bond donors (Lipinski definition) is 2. The Kier molecular flexibility index (Phi) is 7.22. The summed E-state index contributed by atoms with van der Waals surface area (Å²) in [6, 6.07) is 0. The van der Waals surface area contributed by atoms with Gasteiger partial charge in [-0.2, -0.15) is 4.98 Å². The first kappa shape index (κ1) is 17.5. The van der Waals surface area contributed by atoms with Gasteiger partial charge in [0.25, 0.3) is 0 Å². The van der Waals surface area contributed by atoms with Gasteiger partial charge in [-0.1, -0.05) is 20.8 Å². The molecule has 0 aromatic carbocycles. The third-order valence-electron chi connectivity index (χ3n) is 2.96. The second kappa shape index (κ2) is 8.67. The van der Waals surface area contributed by atoms with Crippen LogP contribution < -0.4 is 15.8 Å². The molecule has 21 heavy (non-hydrogen) atoms. The molecule has 1 aromatic heterocycles. The quantitative estimate of drug-likeness (QED) is 0.681. The number of nitrogens with zero attached hydrogens (tertiary/aromatic N) is 3. The molecule has 1 aromatic rings. The summed E-state index contributed by atoms with van der Waals surface area (Å²) in [5.74, 6) is 2.16. The van der Waals surface area contributed by atoms with Gasteiger partial charge in [-0.15, -0.1) is 0 Å². The van der Waals surface area contributed by atoms with Crippen LogP contribution in [0.25, 0.3) is 0 Å². The molecule has 0 radical (unpaired) electrons. The fourth-order valence-electron chi connectivity index (χ4n) is 1.77. The average Bonchev–Trinajstić information content (AvgIpc) is 2.43. The molecule has 0 amide bonds. The van der Waals surface area contributed by atoms with Crippen LogP contribution in [-0.2, 0) is 0 Å². The Balaban J connectivity index is 2.82. The summed E-state index contributed by atoms with van der Waals surface area (Å²) in [5.41, 5.74) is 6.61. The van der Waals surface area contributed by atoms with E-state index >= 15 is 0 Å². The van der Waals surface area contributed by atoms with Gasteiger partial charge in [-0.25, -0.2) is 4.98 Å². The zero-order chi connectivity index (χ0) is 15.8. The number of nitrogens with one attached hydrogen (secondary N) is 1. The van der Waals surface area contributed by atoms with Gasteiger partial charge in [0.05, 0.1) is 6.61 Å². The van der Waals surface area contributed by atoms with Crippen LogP contribution in [0.1, 0.15) is 45.4 Å². The first-order valence-electron chi connectivity index (χ1n) is 7.64. The van der Waals surface area contributed by atoms with Crippen LogP contribution in [0.5, 0.6) is 5.88 Å². The van der Waals surface area contributed by atoms with Crippen molar-refractivity contribution in [3.05, 3.63) is 5.82 Å². The maximum Gasteiger partial charge on any atom is 0.242 e. The summed E-state index contributed by atoms with van der Waals surface area (Å²) in [6.07, 6.45) is 1.95. The molecule has 1 rings (SSSR count). The second-order valence-corrected chi connectivity index (χ2v) is 5.74. The standard InChI is InChI=1S/C15H29N5O/c1-6-10-21-15-12(16)14(17-8-7-9-20(4)5)18-13(19-15)11(2)3/h11H,6-10,16H2,1-5H3,(H,17,18,19). The molecule has 6 heteroatoms. The lowest BCUT2D eigenvalue weighted by molar-refractivity contribution is 0.305. The van der Waals surface area contributed by atoms with Crippen molar-refractivity contribution in [1.29, 1.82) is 0 Å². The Morgan fingerprint density at radius 2 is 2.00 bits per heavy atom. The number of nitrogens with two attached hydrogens (primary N) is 1. The van der Waals surface area contributed by atoms with Crippen LogP contribution in [0.15, 0.2) is 0 Å². The lowest BCUT2D eigenvalue weighted by Crippen LogP contribution is -2.18. The molecule has 0 bridgehead atoms. The first-order chi connectivity index (χ1) is 9.95. The molecule has 0 fully saturated rings. The number of hydrogen-bond acceptors (Lipinski definition) is 6. The molecule has 0 atom stereocenters. The smallest absolute Gasteiger partial charge is 0.242 e. The molecule has 0 spiro atoms. The van der Waals surface area contributed by atoms with Gasteiger partial charge in [0.15, 0.2) is 5.82 Å². The minimum Gasteiger partial charge on any atom is -0.476 e. The van der Waals surface area contributed by atoms with E-state index in [0.717, 1.165) is 31.8 Å². The predicted octanol–water partition coefficient (Wildman–Crippen LogP) is 2.33. The summed E-state index contributed by atoms with van der Waals surface area (Å²) in [4.78, 5) is 11.1. The second-order valence-electron chi connectivity index (χ2n) is 5.74. The van der Waals surface area contributed by atoms with Crippen molar-refractivity contribution < 1.29 is 4.74 Å². The van der Waals surface area contributed by atoms with Gasteiger partial charge in [-0.3, -0.25) is 0 Å². The van der Waals surface area contributed by atoms with Crippen molar-refractivity contribution in [3.63, 3.8) is 0 Å². The summed E-state index contributed by atoms with van der Waals surface area (Å²) in [7, 11) is 4.12. The maximum atomic E-state index is 6.11. The van der Waals surface area contributed by atoms with E-state index in [4.69, 9.17) is 10.5 Å². The number of aromatic nitrogens is 2. The van der Waals surface area contributed by atoms with Gasteiger partial charge in [0.2, 0.25) is 5.88 Å². The minimum atomic E-state index is 0.233. The largest absolute Gasteiger partial charge is 0.476 e. The topological polar surface area (TPSA) is 76.3 Å². The monoisotopic (exact) mass is 295 g/mol. The molecule has 0 aliphatic rings. The summed E-state index contributed by atoms with van der Waals surface area (Å²) in [5, 5.41) is 3.30. The van der Waals surface area contributed by atoms with Crippen molar-refractivity contribution in [2.45, 2.75) is 39.5 Å². The first-order valence-corrected chi connectivity index (χ1v) is 7.64. The van der Waals surface area contributed by atoms with Crippen molar-refractivity contribution in [3.8, 4) is 5.88 Å². The zero-order valence-corrected chi connectivity index (χ0v) is 13.9. The van der Waals surface area contributed by atoms with Gasteiger partial charge >= 0.3 is 0 Å². The van der Waals surface area contributed by atoms with E-state index in [-0.39, 0.29) is 5.92 Å². The third-order valence-corrected chi connectivity index (χ3v) is 2.96. The van der Waals surface area contributed by atoms with E-state index in [1.165, 1.54) is 0 Å². The van der Waals surface area contributed by atoms with E-state index < -0.39 is 0 Å². The lowest BCUT2D eigenvalue weighted by Gasteiger charge is -2.16. The van der Waals surface area contributed by atoms with E-state index in [0.29, 0.717) is 24.0 Å². The summed E-state index contributed by atoms with van der Waals surface area (Å²) >= 11 is 0. The Morgan fingerprint density at radius 3 is 2.57 bits per heavy atom. The SMILES string of the molecule is CCCOc1nc(C(C)C)nc(NCCCN(C)C)c1N. The minimum absolute atomic E-state index is 0.233. The van der Waals surface area contributed by atoms with Crippen molar-refractivity contribution in [2.24, 2.45) is 0 Å². The van der Waals surface area contributed by atoms with Gasteiger partial charge in [0, 0.05) is 12.5 Å². The van der Waals surface area contributed by atoms with Crippen LogP contribution in [0.3, 0.4) is 0 Å². The zero-order valence-electron chi connectivity index (χ0n) is 13.9. The molecule has 6 nitrogen and oxygen atoms in total. The number of rotatable bonds is 9. The Bertz CT molecular complexity index is 434. The van der Waals surface area contributed by atoms with E-state index in [1.807, 2.05) is 0 Å². The highest BCUT2D eigenvalue weighted by atomic mass is 16.5. The van der Waals surface area contributed by atoms with Crippen molar-refractivity contribution in [1.82, 2.24) is 14.9 Å². The molecule has 3 N–H and O–H groups in total. The molecule has 1 heterocycles. The normalized spacial score (nSPS) is 11.2. The van der Waals surface area contributed by atoms with Crippen molar-refractivity contribution >= 4 is 11.5 Å². The molecular formula is C15H29N5O. The Labute approximate surface area is 128 Å². The number of nitrogen functional groups attached to an aromatic ring is 1. The molecular weight excluding hydrogens is 266 g/mol. The molecule has 0 unspecified atom stereocenters. The molecule has 120 valence electrons. The highest BCUT2D eigenvalue weighted by molar-refractivity contribution is 5.67. The summed E-state index contributed by atoms with van der Waals surface area (Å²) < 4.78 is 5.64. The van der Waals surface area contributed by atoms with Crippen molar-refractivity contribution in [2.75, 3.05) is 44.8 Å².